The van der Waals surface area contributed by atoms with Crippen molar-refractivity contribution in [2.75, 3.05) is 25.6 Å². The van der Waals surface area contributed by atoms with Gasteiger partial charge in [-0.15, -0.1) is 0 Å². The zero-order valence-electron chi connectivity index (χ0n) is 23.2. The minimum absolute atomic E-state index is 0.0990. The number of ether oxygens (including phenoxy) is 2. The van der Waals surface area contributed by atoms with Gasteiger partial charge >= 0.3 is 11.7 Å². The standard InChI is InChI=1S/C28H38N6O5/c1-6-27(3,37-5)14-15-38-28(4,7-2)17-31-26(36)33-19-10-8-18(9-11-19)23-34-22-16-20(32-25(29)30)12-13-21(22)24(35)39-23/h8-13,16H,6-7,14-15,17H2,1-5H3,(H4,29,30,32)(H2,31,33,36). The highest BCUT2D eigenvalue weighted by atomic mass is 16.5. The minimum Gasteiger partial charge on any atom is -0.403 e. The third kappa shape index (κ3) is 8.01. The van der Waals surface area contributed by atoms with Gasteiger partial charge < -0.3 is 36.0 Å². The number of aromatic nitrogens is 1. The zero-order valence-corrected chi connectivity index (χ0v) is 23.2. The Labute approximate surface area is 228 Å². The van der Waals surface area contributed by atoms with E-state index < -0.39 is 11.2 Å². The molecule has 6 N–H and O–H groups in total. The Morgan fingerprint density at radius 2 is 1.77 bits per heavy atom. The van der Waals surface area contributed by atoms with Crippen LogP contribution in [0.5, 0.6) is 0 Å². The van der Waals surface area contributed by atoms with Crippen LogP contribution in [0.2, 0.25) is 0 Å². The summed E-state index contributed by atoms with van der Waals surface area (Å²) in [6.07, 6.45) is 2.38. The van der Waals surface area contributed by atoms with Crippen molar-refractivity contribution in [2.45, 2.75) is 58.2 Å². The lowest BCUT2D eigenvalue weighted by Crippen LogP contribution is -2.44. The molecule has 0 saturated heterocycles. The van der Waals surface area contributed by atoms with Gasteiger partial charge in [0.2, 0.25) is 5.89 Å². The number of fused-ring (bicyclic) bond motifs is 1. The number of anilines is 1. The van der Waals surface area contributed by atoms with E-state index in [9.17, 15) is 9.59 Å². The number of carbonyl (C=O) groups excluding carboxylic acids is 1. The van der Waals surface area contributed by atoms with E-state index in [0.717, 1.165) is 19.3 Å². The van der Waals surface area contributed by atoms with Gasteiger partial charge in [0.15, 0.2) is 5.96 Å². The fraction of sp³-hybridized carbons (Fsp3) is 0.429. The van der Waals surface area contributed by atoms with Gasteiger partial charge in [-0.2, -0.15) is 0 Å². The molecule has 1 heterocycles. The molecular weight excluding hydrogens is 500 g/mol. The largest absolute Gasteiger partial charge is 0.403 e. The van der Waals surface area contributed by atoms with Crippen molar-refractivity contribution in [3.05, 3.63) is 52.9 Å². The van der Waals surface area contributed by atoms with Crippen LogP contribution >= 0.6 is 0 Å². The van der Waals surface area contributed by atoms with Crippen molar-refractivity contribution in [3.8, 4) is 11.5 Å². The summed E-state index contributed by atoms with van der Waals surface area (Å²) in [4.78, 5) is 33.5. The molecule has 11 nitrogen and oxygen atoms in total. The molecule has 2 atom stereocenters. The van der Waals surface area contributed by atoms with Gasteiger partial charge in [-0.05, 0) is 75.6 Å². The van der Waals surface area contributed by atoms with Crippen LogP contribution in [0.4, 0.5) is 16.2 Å². The number of guanidine groups is 1. The Bertz CT molecular complexity index is 1360. The Hall–Kier alpha value is -3.96. The molecule has 3 rings (SSSR count). The number of nitrogens with one attached hydrogen (secondary N) is 2. The van der Waals surface area contributed by atoms with Gasteiger partial charge in [0, 0.05) is 24.9 Å². The van der Waals surface area contributed by atoms with Crippen LogP contribution in [-0.4, -0.2) is 48.4 Å². The predicted molar refractivity (Wildman–Crippen MR) is 153 cm³/mol. The first kappa shape index (κ1) is 29.6. The number of methoxy groups -OCH3 is 1. The summed E-state index contributed by atoms with van der Waals surface area (Å²) in [6.45, 7) is 9.02. The number of carbonyl (C=O) groups is 1. The van der Waals surface area contributed by atoms with E-state index in [1.165, 1.54) is 0 Å². The quantitative estimate of drug-likeness (QED) is 0.196. The number of benzene rings is 2. The van der Waals surface area contributed by atoms with Crippen LogP contribution < -0.4 is 27.7 Å². The summed E-state index contributed by atoms with van der Waals surface area (Å²) >= 11 is 0. The highest BCUT2D eigenvalue weighted by Crippen LogP contribution is 2.24. The lowest BCUT2D eigenvalue weighted by molar-refractivity contribution is -0.0724. The molecule has 11 heteroatoms. The Kier molecular flexibility index (Phi) is 9.66. The van der Waals surface area contributed by atoms with Crippen LogP contribution in [-0.2, 0) is 9.47 Å². The summed E-state index contributed by atoms with van der Waals surface area (Å²) in [7, 11) is 1.71. The second kappa shape index (κ2) is 12.7. The fourth-order valence-electron chi connectivity index (χ4n) is 3.76. The summed E-state index contributed by atoms with van der Waals surface area (Å²) < 4.78 is 17.1. The summed E-state index contributed by atoms with van der Waals surface area (Å²) in [5, 5.41) is 6.00. The highest BCUT2D eigenvalue weighted by Gasteiger charge is 2.27. The van der Waals surface area contributed by atoms with Crippen LogP contribution in [0.15, 0.2) is 56.7 Å². The van der Waals surface area contributed by atoms with Crippen molar-refractivity contribution in [3.63, 3.8) is 0 Å². The summed E-state index contributed by atoms with van der Waals surface area (Å²) in [6, 6.07) is 11.2. The lowest BCUT2D eigenvalue weighted by Gasteiger charge is -2.32. The molecule has 0 aliphatic carbocycles. The van der Waals surface area contributed by atoms with Crippen LogP contribution in [0, 0.1) is 0 Å². The maximum absolute atomic E-state index is 12.6. The third-order valence-electron chi connectivity index (χ3n) is 6.95. The molecule has 0 radical (unpaired) electrons. The lowest BCUT2D eigenvalue weighted by atomic mass is 9.98. The SMILES string of the molecule is CCC(C)(CCOC(C)(CC)CNC(=O)Nc1ccc(-c2nc3cc(N=C(N)N)ccc3c(=O)o2)cc1)OC. The molecule has 0 aliphatic rings. The maximum atomic E-state index is 12.6. The van der Waals surface area contributed by atoms with Gasteiger partial charge in [0.1, 0.15) is 0 Å². The van der Waals surface area contributed by atoms with Crippen LogP contribution in [0.1, 0.15) is 47.0 Å². The normalized spacial score (nSPS) is 14.3. The molecule has 39 heavy (non-hydrogen) atoms. The number of aliphatic imine (C=N–C) groups is 1. The van der Waals surface area contributed by atoms with Crippen LogP contribution in [0.3, 0.4) is 0 Å². The molecule has 3 aromatic rings. The Morgan fingerprint density at radius 1 is 1.08 bits per heavy atom. The molecule has 2 unspecified atom stereocenters. The third-order valence-corrected chi connectivity index (χ3v) is 6.95. The smallest absolute Gasteiger partial charge is 0.347 e. The van der Waals surface area contributed by atoms with E-state index in [2.05, 4.69) is 34.5 Å². The van der Waals surface area contributed by atoms with Crippen molar-refractivity contribution in [1.29, 1.82) is 0 Å². The van der Waals surface area contributed by atoms with Crippen LogP contribution in [0.25, 0.3) is 22.4 Å². The van der Waals surface area contributed by atoms with Gasteiger partial charge in [-0.3, -0.25) is 0 Å². The Morgan fingerprint density at radius 3 is 2.38 bits per heavy atom. The van der Waals surface area contributed by atoms with E-state index in [0.29, 0.717) is 41.0 Å². The molecular formula is C28H38N6O5. The van der Waals surface area contributed by atoms with Gasteiger partial charge in [-0.25, -0.2) is 19.6 Å². The number of nitrogens with zero attached hydrogens (tertiary/aromatic N) is 2. The van der Waals surface area contributed by atoms with Crippen molar-refractivity contribution < 1.29 is 18.7 Å². The molecule has 2 aromatic carbocycles. The average Bonchev–Trinajstić information content (AvgIpc) is 2.91. The number of hydrogen-bond acceptors (Lipinski definition) is 7. The number of hydrogen-bond donors (Lipinski definition) is 4. The molecule has 0 saturated carbocycles. The fourth-order valence-corrected chi connectivity index (χ4v) is 3.76. The molecule has 0 spiro atoms. The summed E-state index contributed by atoms with van der Waals surface area (Å²) in [5.74, 6) is 0.0342. The highest BCUT2D eigenvalue weighted by molar-refractivity contribution is 5.89. The predicted octanol–water partition coefficient (Wildman–Crippen LogP) is 4.27. The molecule has 0 fully saturated rings. The molecule has 0 aliphatic heterocycles. The van der Waals surface area contributed by atoms with E-state index in [4.69, 9.17) is 25.4 Å². The first-order valence-corrected chi connectivity index (χ1v) is 12.9. The molecule has 0 bridgehead atoms. The average molecular weight is 539 g/mol. The molecule has 1 aromatic heterocycles. The van der Waals surface area contributed by atoms with E-state index in [1.807, 2.05) is 13.8 Å². The molecule has 2 amide bonds. The number of rotatable bonds is 12. The monoisotopic (exact) mass is 538 g/mol. The van der Waals surface area contributed by atoms with E-state index in [-0.39, 0.29) is 23.5 Å². The van der Waals surface area contributed by atoms with E-state index >= 15 is 0 Å². The van der Waals surface area contributed by atoms with Gasteiger partial charge in [0.05, 0.1) is 34.4 Å². The Balaban J connectivity index is 1.62. The first-order chi connectivity index (χ1) is 18.5. The van der Waals surface area contributed by atoms with Crippen molar-refractivity contribution >= 4 is 34.3 Å². The number of urea groups is 1. The molecule has 210 valence electrons. The van der Waals surface area contributed by atoms with Gasteiger partial charge in [-0.1, -0.05) is 13.8 Å². The first-order valence-electron chi connectivity index (χ1n) is 12.9. The van der Waals surface area contributed by atoms with Crippen molar-refractivity contribution in [1.82, 2.24) is 10.3 Å². The zero-order chi connectivity index (χ0) is 28.6. The maximum Gasteiger partial charge on any atom is 0.347 e. The van der Waals surface area contributed by atoms with Crippen molar-refractivity contribution in [2.24, 2.45) is 16.5 Å². The topological polar surface area (TPSA) is 167 Å². The summed E-state index contributed by atoms with van der Waals surface area (Å²) in [5.41, 5.74) is 11.6. The number of nitrogens with two attached hydrogens (primary N) is 2. The second-order valence-electron chi connectivity index (χ2n) is 9.84. The number of amides is 2. The minimum atomic E-state index is -0.532. The second-order valence-corrected chi connectivity index (χ2v) is 9.84. The van der Waals surface area contributed by atoms with Gasteiger partial charge in [0.25, 0.3) is 0 Å². The van der Waals surface area contributed by atoms with E-state index in [1.54, 1.807) is 49.6 Å².